The van der Waals surface area contributed by atoms with E-state index in [1.165, 1.54) is 22.9 Å². The van der Waals surface area contributed by atoms with Crippen LogP contribution in [0.3, 0.4) is 0 Å². The highest BCUT2D eigenvalue weighted by Gasteiger charge is 2.21. The zero-order chi connectivity index (χ0) is 12.0. The van der Waals surface area contributed by atoms with Crippen molar-refractivity contribution >= 4 is 22.5 Å². The summed E-state index contributed by atoms with van der Waals surface area (Å²) in [7, 11) is 0. The summed E-state index contributed by atoms with van der Waals surface area (Å²) in [5, 5.41) is 1.34. The molecule has 1 rings (SSSR count). The molecule has 0 aromatic heterocycles. The zero-order valence-electron chi connectivity index (χ0n) is 11.0. The van der Waals surface area contributed by atoms with Crippen LogP contribution in [0.25, 0.3) is 0 Å². The molecule has 0 amide bonds. The molecule has 0 N–H and O–H groups in total. The minimum Gasteiger partial charge on any atom is -0.294 e. The predicted octanol–water partition coefficient (Wildman–Crippen LogP) is 3.66. The Kier molecular flexibility index (Phi) is 6.10. The highest BCUT2D eigenvalue weighted by atomic mass is 32.2. The van der Waals surface area contributed by atoms with Crippen LogP contribution in [0.15, 0.2) is 9.98 Å². The summed E-state index contributed by atoms with van der Waals surface area (Å²) in [5.41, 5.74) is 1.28. The van der Waals surface area contributed by atoms with Crippen LogP contribution in [0.2, 0.25) is 0 Å². The Bertz CT molecular complexity index is 271. The normalized spacial score (nSPS) is 21.5. The van der Waals surface area contributed by atoms with Crippen molar-refractivity contribution in [2.75, 3.05) is 18.8 Å². The lowest BCUT2D eigenvalue weighted by Crippen LogP contribution is -2.24. The summed E-state index contributed by atoms with van der Waals surface area (Å²) in [5.74, 6) is 2.29. The Labute approximate surface area is 104 Å². The fourth-order valence-electron chi connectivity index (χ4n) is 1.76. The van der Waals surface area contributed by atoms with Crippen molar-refractivity contribution in [1.29, 1.82) is 0 Å². The average molecular weight is 240 g/mol. The van der Waals surface area contributed by atoms with Gasteiger partial charge in [-0.3, -0.25) is 9.98 Å². The van der Waals surface area contributed by atoms with Crippen molar-refractivity contribution in [3.63, 3.8) is 0 Å². The third kappa shape index (κ3) is 3.93. The van der Waals surface area contributed by atoms with Crippen LogP contribution >= 0.6 is 11.8 Å². The largest absolute Gasteiger partial charge is 0.294 e. The minimum atomic E-state index is 0.524. The van der Waals surface area contributed by atoms with E-state index >= 15 is 0 Å². The number of hydrogen-bond acceptors (Lipinski definition) is 3. The Morgan fingerprint density at radius 3 is 2.81 bits per heavy atom. The van der Waals surface area contributed by atoms with E-state index in [9.17, 15) is 0 Å². The molecule has 0 saturated heterocycles. The fourth-order valence-corrected chi connectivity index (χ4v) is 2.89. The molecular weight excluding hydrogens is 216 g/mol. The molecule has 2 atom stereocenters. The molecule has 0 saturated carbocycles. The SMILES string of the molecule is CCC/N=C(\C)C(C)C(C)C1=NCCCS1. The minimum absolute atomic E-state index is 0.524. The van der Waals surface area contributed by atoms with E-state index in [0.717, 1.165) is 19.5 Å². The molecule has 0 aromatic rings. The molecule has 16 heavy (non-hydrogen) atoms. The highest BCUT2D eigenvalue weighted by Crippen LogP contribution is 2.25. The number of rotatable bonds is 5. The van der Waals surface area contributed by atoms with Crippen LogP contribution in [0.5, 0.6) is 0 Å². The van der Waals surface area contributed by atoms with Gasteiger partial charge in [-0.2, -0.15) is 0 Å². The van der Waals surface area contributed by atoms with E-state index in [4.69, 9.17) is 0 Å². The summed E-state index contributed by atoms with van der Waals surface area (Å²) >= 11 is 1.94. The number of hydrogen-bond donors (Lipinski definition) is 0. The quantitative estimate of drug-likeness (QED) is 0.673. The first-order valence-electron chi connectivity index (χ1n) is 6.34. The maximum Gasteiger partial charge on any atom is 0.0710 e. The van der Waals surface area contributed by atoms with Crippen LogP contribution < -0.4 is 0 Å². The van der Waals surface area contributed by atoms with Gasteiger partial charge in [0.25, 0.3) is 0 Å². The molecule has 0 fully saturated rings. The zero-order valence-corrected chi connectivity index (χ0v) is 11.8. The monoisotopic (exact) mass is 240 g/mol. The van der Waals surface area contributed by atoms with Crippen molar-refractivity contribution in [3.05, 3.63) is 0 Å². The van der Waals surface area contributed by atoms with Crippen molar-refractivity contribution in [2.45, 2.75) is 40.5 Å². The number of aliphatic imine (C=N–C) groups is 2. The molecule has 1 aliphatic rings. The van der Waals surface area contributed by atoms with Gasteiger partial charge in [-0.25, -0.2) is 0 Å². The topological polar surface area (TPSA) is 24.7 Å². The predicted molar refractivity (Wildman–Crippen MR) is 76.0 cm³/mol. The number of thioether (sulfide) groups is 1. The van der Waals surface area contributed by atoms with E-state index in [1.807, 2.05) is 11.8 Å². The lowest BCUT2D eigenvalue weighted by molar-refractivity contribution is 0.621. The smallest absolute Gasteiger partial charge is 0.0710 e. The van der Waals surface area contributed by atoms with Crippen LogP contribution in [-0.2, 0) is 0 Å². The van der Waals surface area contributed by atoms with Gasteiger partial charge in [0, 0.05) is 36.4 Å². The van der Waals surface area contributed by atoms with Gasteiger partial charge in [-0.15, -0.1) is 11.8 Å². The summed E-state index contributed by atoms with van der Waals surface area (Å²) in [6, 6.07) is 0. The molecule has 1 aliphatic heterocycles. The fraction of sp³-hybridized carbons (Fsp3) is 0.846. The number of nitrogens with zero attached hydrogens (tertiary/aromatic N) is 2. The Hall–Kier alpha value is -0.310. The maximum absolute atomic E-state index is 4.64. The van der Waals surface area contributed by atoms with E-state index < -0.39 is 0 Å². The molecule has 3 heteroatoms. The van der Waals surface area contributed by atoms with Crippen molar-refractivity contribution in [2.24, 2.45) is 21.8 Å². The van der Waals surface area contributed by atoms with E-state index in [2.05, 4.69) is 37.7 Å². The summed E-state index contributed by atoms with van der Waals surface area (Å²) in [4.78, 5) is 9.25. The first-order chi connectivity index (χ1) is 7.66. The first-order valence-corrected chi connectivity index (χ1v) is 7.33. The van der Waals surface area contributed by atoms with Crippen LogP contribution in [0.1, 0.15) is 40.5 Å². The Morgan fingerprint density at radius 1 is 1.50 bits per heavy atom. The van der Waals surface area contributed by atoms with Crippen LogP contribution in [-0.4, -0.2) is 29.6 Å². The van der Waals surface area contributed by atoms with Crippen molar-refractivity contribution in [1.82, 2.24) is 0 Å². The van der Waals surface area contributed by atoms with Crippen molar-refractivity contribution in [3.8, 4) is 0 Å². The molecule has 0 radical (unpaired) electrons. The second kappa shape index (κ2) is 7.10. The molecule has 2 nitrogen and oxygen atoms in total. The Balaban J connectivity index is 2.58. The molecule has 2 unspecified atom stereocenters. The second-order valence-corrected chi connectivity index (χ2v) is 5.64. The molecule has 0 aliphatic carbocycles. The maximum atomic E-state index is 4.64. The van der Waals surface area contributed by atoms with Gasteiger partial charge in [-0.05, 0) is 19.8 Å². The van der Waals surface area contributed by atoms with Crippen LogP contribution in [0, 0.1) is 11.8 Å². The van der Waals surface area contributed by atoms with E-state index in [0.29, 0.717) is 11.8 Å². The van der Waals surface area contributed by atoms with Gasteiger partial charge >= 0.3 is 0 Å². The molecule has 0 spiro atoms. The summed E-state index contributed by atoms with van der Waals surface area (Å²) in [6.45, 7) is 10.9. The Morgan fingerprint density at radius 2 is 2.25 bits per heavy atom. The molecular formula is C13H24N2S. The molecule has 1 heterocycles. The van der Waals surface area contributed by atoms with E-state index in [-0.39, 0.29) is 0 Å². The molecule has 0 bridgehead atoms. The lowest BCUT2D eigenvalue weighted by Gasteiger charge is -2.23. The second-order valence-electron chi connectivity index (χ2n) is 4.52. The average Bonchev–Trinajstić information content (AvgIpc) is 2.35. The standard InChI is InChI=1S/C13H24N2S/c1-5-7-14-12(4)10(2)11(3)13-15-8-6-9-16-13/h10-11H,5-9H2,1-4H3/b14-12+. The van der Waals surface area contributed by atoms with Crippen LogP contribution in [0.4, 0.5) is 0 Å². The van der Waals surface area contributed by atoms with E-state index in [1.54, 1.807) is 0 Å². The molecule has 0 aromatic carbocycles. The summed E-state index contributed by atoms with van der Waals surface area (Å²) < 4.78 is 0. The van der Waals surface area contributed by atoms with Gasteiger partial charge in [0.05, 0.1) is 5.04 Å². The van der Waals surface area contributed by atoms with Crippen molar-refractivity contribution < 1.29 is 0 Å². The van der Waals surface area contributed by atoms with Gasteiger partial charge in [0.2, 0.25) is 0 Å². The highest BCUT2D eigenvalue weighted by molar-refractivity contribution is 8.14. The molecule has 92 valence electrons. The third-order valence-electron chi connectivity index (χ3n) is 3.20. The lowest BCUT2D eigenvalue weighted by atomic mass is 9.92. The van der Waals surface area contributed by atoms with Gasteiger partial charge in [0.1, 0.15) is 0 Å². The van der Waals surface area contributed by atoms with Gasteiger partial charge in [-0.1, -0.05) is 20.8 Å². The summed E-state index contributed by atoms with van der Waals surface area (Å²) in [6.07, 6.45) is 2.37. The first kappa shape index (κ1) is 13.8. The third-order valence-corrected chi connectivity index (χ3v) is 4.49. The van der Waals surface area contributed by atoms with Gasteiger partial charge < -0.3 is 0 Å². The van der Waals surface area contributed by atoms with Gasteiger partial charge in [0.15, 0.2) is 0 Å².